The first-order valence-electron chi connectivity index (χ1n) is 6.90. The minimum Gasteiger partial charge on any atom is -0.496 e. The van der Waals surface area contributed by atoms with Crippen molar-refractivity contribution in [2.75, 3.05) is 13.7 Å². The van der Waals surface area contributed by atoms with Crippen LogP contribution in [0.3, 0.4) is 0 Å². The van der Waals surface area contributed by atoms with Crippen molar-refractivity contribution in [1.82, 2.24) is 0 Å². The van der Waals surface area contributed by atoms with Crippen LogP contribution in [0, 0.1) is 5.92 Å². The fraction of sp³-hybridized carbons (Fsp3) is 0.294. The monoisotopic (exact) mass is 367 g/mol. The summed E-state index contributed by atoms with van der Waals surface area (Å²) in [6.07, 6.45) is 1.77. The van der Waals surface area contributed by atoms with E-state index in [2.05, 4.69) is 28.1 Å². The van der Waals surface area contributed by atoms with Crippen LogP contribution in [0.1, 0.15) is 11.1 Å². The van der Waals surface area contributed by atoms with Crippen molar-refractivity contribution in [2.45, 2.75) is 12.8 Å². The molecule has 0 heterocycles. The Morgan fingerprint density at radius 2 is 1.86 bits per heavy atom. The number of rotatable bonds is 6. The van der Waals surface area contributed by atoms with Gasteiger partial charge >= 0.3 is 0 Å². The van der Waals surface area contributed by atoms with Crippen LogP contribution in [-0.4, -0.2) is 13.7 Å². The third kappa shape index (κ3) is 4.47. The molecule has 0 fully saturated rings. The van der Waals surface area contributed by atoms with Crippen LogP contribution in [0.15, 0.2) is 46.9 Å². The smallest absolute Gasteiger partial charge is 0.122 e. The Hall–Kier alpha value is -1.03. The van der Waals surface area contributed by atoms with Crippen LogP contribution in [0.25, 0.3) is 0 Å². The van der Waals surface area contributed by atoms with Gasteiger partial charge in [-0.05, 0) is 60.7 Å². The van der Waals surface area contributed by atoms with Crippen LogP contribution >= 0.6 is 27.5 Å². The summed E-state index contributed by atoms with van der Waals surface area (Å²) in [5, 5.41) is 0.725. The van der Waals surface area contributed by atoms with E-state index in [-0.39, 0.29) is 0 Å². The number of hydrogen-bond donors (Lipinski definition) is 1. The van der Waals surface area contributed by atoms with Gasteiger partial charge in [0.05, 0.1) is 7.11 Å². The van der Waals surface area contributed by atoms with Gasteiger partial charge in [-0.3, -0.25) is 0 Å². The van der Waals surface area contributed by atoms with Crippen molar-refractivity contribution in [3.63, 3.8) is 0 Å². The Morgan fingerprint density at radius 1 is 1.14 bits per heavy atom. The average Bonchev–Trinajstić information content (AvgIpc) is 2.49. The molecule has 0 radical (unpaired) electrons. The second kappa shape index (κ2) is 7.83. The number of ether oxygens (including phenoxy) is 1. The molecule has 1 unspecified atom stereocenters. The van der Waals surface area contributed by atoms with E-state index in [9.17, 15) is 0 Å². The Kier molecular flexibility index (Phi) is 6.09. The van der Waals surface area contributed by atoms with E-state index in [0.29, 0.717) is 12.5 Å². The van der Waals surface area contributed by atoms with Gasteiger partial charge in [0, 0.05) is 9.50 Å². The van der Waals surface area contributed by atoms with Gasteiger partial charge in [-0.25, -0.2) is 0 Å². The standard InChI is InChI=1S/C17H19BrClNO/c1-21-17-7-6-15(19)10-14(17)9-12(11-20)8-13-4-2-3-5-16(13)18/h2-7,10,12H,8-9,11,20H2,1H3. The van der Waals surface area contributed by atoms with Crippen LogP contribution in [0.4, 0.5) is 0 Å². The number of methoxy groups -OCH3 is 1. The van der Waals surface area contributed by atoms with Gasteiger partial charge < -0.3 is 10.5 Å². The highest BCUT2D eigenvalue weighted by Crippen LogP contribution is 2.27. The molecule has 0 saturated heterocycles. The fourth-order valence-corrected chi connectivity index (χ4v) is 3.07. The van der Waals surface area contributed by atoms with Gasteiger partial charge in [-0.1, -0.05) is 45.7 Å². The summed E-state index contributed by atoms with van der Waals surface area (Å²) in [6.45, 7) is 0.622. The van der Waals surface area contributed by atoms with Gasteiger partial charge in [0.2, 0.25) is 0 Å². The molecule has 0 aliphatic heterocycles. The molecular formula is C17H19BrClNO. The normalized spacial score (nSPS) is 12.2. The van der Waals surface area contributed by atoms with E-state index in [1.54, 1.807) is 7.11 Å². The first-order valence-corrected chi connectivity index (χ1v) is 8.07. The van der Waals surface area contributed by atoms with E-state index in [4.69, 9.17) is 22.1 Å². The molecule has 0 saturated carbocycles. The van der Waals surface area contributed by atoms with Crippen molar-refractivity contribution in [2.24, 2.45) is 11.7 Å². The third-order valence-electron chi connectivity index (χ3n) is 3.55. The lowest BCUT2D eigenvalue weighted by atomic mass is 9.92. The molecule has 0 aromatic heterocycles. The molecule has 112 valence electrons. The first kappa shape index (κ1) is 16.3. The lowest BCUT2D eigenvalue weighted by Crippen LogP contribution is -2.20. The maximum atomic E-state index is 6.09. The molecular weight excluding hydrogens is 350 g/mol. The molecule has 2 nitrogen and oxygen atoms in total. The minimum absolute atomic E-state index is 0.344. The molecule has 0 bridgehead atoms. The van der Waals surface area contributed by atoms with Gasteiger partial charge in [-0.2, -0.15) is 0 Å². The maximum absolute atomic E-state index is 6.09. The molecule has 0 aliphatic rings. The number of hydrogen-bond acceptors (Lipinski definition) is 2. The zero-order valence-corrected chi connectivity index (χ0v) is 14.3. The summed E-state index contributed by atoms with van der Waals surface area (Å²) in [5.74, 6) is 1.21. The van der Waals surface area contributed by atoms with E-state index >= 15 is 0 Å². The SMILES string of the molecule is COc1ccc(Cl)cc1CC(CN)Cc1ccccc1Br. The lowest BCUT2D eigenvalue weighted by molar-refractivity contribution is 0.404. The molecule has 1 atom stereocenters. The van der Waals surface area contributed by atoms with Crippen molar-refractivity contribution in [3.05, 3.63) is 63.1 Å². The Bertz CT molecular complexity index is 603. The van der Waals surface area contributed by atoms with Crippen LogP contribution in [0.5, 0.6) is 5.75 Å². The molecule has 2 rings (SSSR count). The van der Waals surface area contributed by atoms with Crippen LogP contribution < -0.4 is 10.5 Å². The average molecular weight is 369 g/mol. The van der Waals surface area contributed by atoms with E-state index in [1.165, 1.54) is 5.56 Å². The van der Waals surface area contributed by atoms with Gasteiger partial charge in [0.25, 0.3) is 0 Å². The summed E-state index contributed by atoms with van der Waals surface area (Å²) in [4.78, 5) is 0. The van der Waals surface area contributed by atoms with Crippen LogP contribution in [-0.2, 0) is 12.8 Å². The van der Waals surface area contributed by atoms with E-state index in [0.717, 1.165) is 33.6 Å². The van der Waals surface area contributed by atoms with Crippen molar-refractivity contribution in [1.29, 1.82) is 0 Å². The second-order valence-corrected chi connectivity index (χ2v) is 6.35. The van der Waals surface area contributed by atoms with Crippen LogP contribution in [0.2, 0.25) is 5.02 Å². The van der Waals surface area contributed by atoms with Gasteiger partial charge in [0.15, 0.2) is 0 Å². The summed E-state index contributed by atoms with van der Waals surface area (Å²) in [5.41, 5.74) is 8.34. The number of nitrogens with two attached hydrogens (primary N) is 1. The molecule has 2 N–H and O–H groups in total. The Balaban J connectivity index is 2.16. The van der Waals surface area contributed by atoms with Crippen molar-refractivity contribution < 1.29 is 4.74 Å². The molecule has 4 heteroatoms. The zero-order chi connectivity index (χ0) is 15.2. The van der Waals surface area contributed by atoms with Gasteiger partial charge in [-0.15, -0.1) is 0 Å². The highest BCUT2D eigenvalue weighted by Gasteiger charge is 2.14. The molecule has 0 amide bonds. The maximum Gasteiger partial charge on any atom is 0.122 e. The molecule has 2 aromatic rings. The predicted molar refractivity (Wildman–Crippen MR) is 92.1 cm³/mol. The highest BCUT2D eigenvalue weighted by atomic mass is 79.9. The Morgan fingerprint density at radius 3 is 2.52 bits per heavy atom. The summed E-state index contributed by atoms with van der Waals surface area (Å²) in [6, 6.07) is 14.0. The second-order valence-electron chi connectivity index (χ2n) is 5.06. The van der Waals surface area contributed by atoms with E-state index in [1.807, 2.05) is 30.3 Å². The van der Waals surface area contributed by atoms with Gasteiger partial charge in [0.1, 0.15) is 5.75 Å². The lowest BCUT2D eigenvalue weighted by Gasteiger charge is -2.18. The highest BCUT2D eigenvalue weighted by molar-refractivity contribution is 9.10. The predicted octanol–water partition coefficient (Wildman–Crippen LogP) is 4.47. The quantitative estimate of drug-likeness (QED) is 0.816. The summed E-state index contributed by atoms with van der Waals surface area (Å²) < 4.78 is 6.54. The Labute approximate surface area is 139 Å². The molecule has 21 heavy (non-hydrogen) atoms. The minimum atomic E-state index is 0.344. The number of halogens is 2. The molecule has 2 aromatic carbocycles. The number of benzene rings is 2. The zero-order valence-electron chi connectivity index (χ0n) is 12.0. The summed E-state index contributed by atoms with van der Waals surface area (Å²) in [7, 11) is 1.68. The van der Waals surface area contributed by atoms with E-state index < -0.39 is 0 Å². The molecule has 0 aliphatic carbocycles. The first-order chi connectivity index (χ1) is 10.1. The summed E-state index contributed by atoms with van der Waals surface area (Å²) >= 11 is 9.68. The largest absolute Gasteiger partial charge is 0.496 e. The van der Waals surface area contributed by atoms with Crippen molar-refractivity contribution >= 4 is 27.5 Å². The topological polar surface area (TPSA) is 35.2 Å². The third-order valence-corrected chi connectivity index (χ3v) is 4.56. The van der Waals surface area contributed by atoms with Crippen molar-refractivity contribution in [3.8, 4) is 5.75 Å². The fourth-order valence-electron chi connectivity index (χ4n) is 2.43. The molecule has 0 spiro atoms.